The van der Waals surface area contributed by atoms with Crippen molar-refractivity contribution in [3.63, 3.8) is 0 Å². The Morgan fingerprint density at radius 2 is 2.23 bits per heavy atom. The van der Waals surface area contributed by atoms with Gasteiger partial charge < -0.3 is 20.9 Å². The second-order valence-corrected chi connectivity index (χ2v) is 5.89. The van der Waals surface area contributed by atoms with Gasteiger partial charge >= 0.3 is 0 Å². The van der Waals surface area contributed by atoms with E-state index in [1.807, 2.05) is 32.1 Å². The number of rotatable bonds is 5. The maximum absolute atomic E-state index is 12.1. The van der Waals surface area contributed by atoms with Crippen LogP contribution in [0.2, 0.25) is 0 Å². The monoisotopic (exact) mass is 306 g/mol. The molecule has 7 heteroatoms. The molecule has 1 atom stereocenters. The van der Waals surface area contributed by atoms with Crippen LogP contribution in [-0.4, -0.2) is 59.9 Å². The van der Waals surface area contributed by atoms with Crippen molar-refractivity contribution in [2.75, 3.05) is 39.5 Å². The first-order chi connectivity index (χ1) is 10.5. The fourth-order valence-corrected chi connectivity index (χ4v) is 2.82. The molecule has 0 radical (unpaired) electrons. The SMILES string of the molecule is CNc1cc(CN(C)C)nc(C2CCCCN2C(=O)CN)n1. The highest BCUT2D eigenvalue weighted by Crippen LogP contribution is 2.29. The zero-order valence-corrected chi connectivity index (χ0v) is 13.7. The molecule has 3 N–H and O–H groups in total. The van der Waals surface area contributed by atoms with Gasteiger partial charge in [0.25, 0.3) is 0 Å². The van der Waals surface area contributed by atoms with Gasteiger partial charge in [0.15, 0.2) is 5.82 Å². The number of nitrogens with two attached hydrogens (primary N) is 1. The van der Waals surface area contributed by atoms with Crippen LogP contribution in [0.5, 0.6) is 0 Å². The van der Waals surface area contributed by atoms with E-state index in [1.165, 1.54) is 0 Å². The van der Waals surface area contributed by atoms with Gasteiger partial charge in [-0.3, -0.25) is 4.79 Å². The smallest absolute Gasteiger partial charge is 0.236 e. The van der Waals surface area contributed by atoms with Crippen molar-refractivity contribution in [3.8, 4) is 0 Å². The molecule has 0 aromatic carbocycles. The summed E-state index contributed by atoms with van der Waals surface area (Å²) in [6, 6.07) is 1.88. The number of carbonyl (C=O) groups is 1. The van der Waals surface area contributed by atoms with E-state index < -0.39 is 0 Å². The first kappa shape index (κ1) is 16.6. The van der Waals surface area contributed by atoms with Gasteiger partial charge in [0.2, 0.25) is 5.91 Å². The third-order valence-electron chi connectivity index (χ3n) is 3.83. The van der Waals surface area contributed by atoms with Gasteiger partial charge in [-0.25, -0.2) is 9.97 Å². The summed E-state index contributed by atoms with van der Waals surface area (Å²) in [5.74, 6) is 1.47. The van der Waals surface area contributed by atoms with E-state index in [2.05, 4.69) is 20.2 Å². The molecular weight excluding hydrogens is 280 g/mol. The Morgan fingerprint density at radius 3 is 2.86 bits per heavy atom. The van der Waals surface area contributed by atoms with Gasteiger partial charge in [0.05, 0.1) is 18.3 Å². The molecular formula is C15H26N6O. The molecule has 1 aromatic rings. The minimum atomic E-state index is -0.0704. The van der Waals surface area contributed by atoms with Crippen LogP contribution in [0.1, 0.15) is 36.8 Å². The molecule has 0 saturated carbocycles. The number of nitrogens with zero attached hydrogens (tertiary/aromatic N) is 4. The minimum Gasteiger partial charge on any atom is -0.373 e. The lowest BCUT2D eigenvalue weighted by atomic mass is 10.0. The van der Waals surface area contributed by atoms with Crippen molar-refractivity contribution in [2.24, 2.45) is 5.73 Å². The Balaban J connectivity index is 2.33. The van der Waals surface area contributed by atoms with Gasteiger partial charge in [0, 0.05) is 26.2 Å². The van der Waals surface area contributed by atoms with Crippen LogP contribution < -0.4 is 11.1 Å². The molecule has 0 aliphatic carbocycles. The van der Waals surface area contributed by atoms with Gasteiger partial charge in [-0.05, 0) is 33.4 Å². The van der Waals surface area contributed by atoms with E-state index in [1.54, 1.807) is 0 Å². The normalized spacial score (nSPS) is 18.6. The number of nitrogens with one attached hydrogen (secondary N) is 1. The summed E-state index contributed by atoms with van der Waals surface area (Å²) in [5.41, 5.74) is 6.49. The first-order valence-electron chi connectivity index (χ1n) is 7.75. The number of likely N-dealkylation sites (tertiary alicyclic amines) is 1. The zero-order chi connectivity index (χ0) is 16.1. The topological polar surface area (TPSA) is 87.4 Å². The van der Waals surface area contributed by atoms with Crippen molar-refractivity contribution >= 4 is 11.7 Å². The quantitative estimate of drug-likeness (QED) is 0.828. The minimum absolute atomic E-state index is 0.0303. The molecule has 7 nitrogen and oxygen atoms in total. The van der Waals surface area contributed by atoms with E-state index in [0.29, 0.717) is 5.82 Å². The third kappa shape index (κ3) is 3.92. The van der Waals surface area contributed by atoms with Crippen molar-refractivity contribution in [1.29, 1.82) is 0 Å². The van der Waals surface area contributed by atoms with Crippen LogP contribution in [0, 0.1) is 0 Å². The van der Waals surface area contributed by atoms with E-state index >= 15 is 0 Å². The van der Waals surface area contributed by atoms with E-state index in [-0.39, 0.29) is 18.5 Å². The molecule has 1 fully saturated rings. The molecule has 1 aliphatic heterocycles. The van der Waals surface area contributed by atoms with Crippen molar-refractivity contribution < 1.29 is 4.79 Å². The lowest BCUT2D eigenvalue weighted by Gasteiger charge is -2.34. The average molecular weight is 306 g/mol. The molecule has 1 saturated heterocycles. The summed E-state index contributed by atoms with van der Waals surface area (Å²) in [5, 5.41) is 3.08. The number of aromatic nitrogens is 2. The Kier molecular flexibility index (Phi) is 5.68. The number of carbonyl (C=O) groups excluding carboxylic acids is 1. The molecule has 2 heterocycles. The second kappa shape index (κ2) is 7.51. The molecule has 2 rings (SSSR count). The van der Waals surface area contributed by atoms with Gasteiger partial charge in [-0.2, -0.15) is 0 Å². The van der Waals surface area contributed by atoms with Crippen molar-refractivity contribution in [3.05, 3.63) is 17.6 Å². The molecule has 22 heavy (non-hydrogen) atoms. The van der Waals surface area contributed by atoms with E-state index in [9.17, 15) is 4.79 Å². The average Bonchev–Trinajstić information content (AvgIpc) is 2.53. The predicted molar refractivity (Wildman–Crippen MR) is 86.3 cm³/mol. The van der Waals surface area contributed by atoms with Crippen LogP contribution in [-0.2, 0) is 11.3 Å². The van der Waals surface area contributed by atoms with Crippen LogP contribution in [0.25, 0.3) is 0 Å². The summed E-state index contributed by atoms with van der Waals surface area (Å²) in [4.78, 5) is 25.2. The number of anilines is 1. The van der Waals surface area contributed by atoms with Crippen molar-refractivity contribution in [1.82, 2.24) is 19.8 Å². The van der Waals surface area contributed by atoms with Gasteiger partial charge in [0.1, 0.15) is 5.82 Å². The van der Waals surface area contributed by atoms with Gasteiger partial charge in [-0.1, -0.05) is 0 Å². The Bertz CT molecular complexity index is 519. The van der Waals surface area contributed by atoms with Crippen LogP contribution in [0.15, 0.2) is 6.07 Å². The Morgan fingerprint density at radius 1 is 1.45 bits per heavy atom. The summed E-state index contributed by atoms with van der Waals surface area (Å²) in [7, 11) is 5.85. The van der Waals surface area contributed by atoms with Crippen LogP contribution in [0.4, 0.5) is 5.82 Å². The lowest BCUT2D eigenvalue weighted by molar-refractivity contribution is -0.133. The summed E-state index contributed by atoms with van der Waals surface area (Å²) in [6.07, 6.45) is 2.98. The highest BCUT2D eigenvalue weighted by Gasteiger charge is 2.29. The highest BCUT2D eigenvalue weighted by atomic mass is 16.2. The predicted octanol–water partition coefficient (Wildman–Crippen LogP) is 0.592. The zero-order valence-electron chi connectivity index (χ0n) is 13.7. The van der Waals surface area contributed by atoms with Crippen LogP contribution >= 0.6 is 0 Å². The maximum Gasteiger partial charge on any atom is 0.236 e. The number of piperidine rings is 1. The molecule has 1 unspecified atom stereocenters. The number of hydrogen-bond donors (Lipinski definition) is 2. The van der Waals surface area contributed by atoms with Crippen molar-refractivity contribution in [2.45, 2.75) is 31.8 Å². The Labute approximate surface area is 131 Å². The Hall–Kier alpha value is -1.73. The first-order valence-corrected chi connectivity index (χ1v) is 7.75. The summed E-state index contributed by atoms with van der Waals surface area (Å²) >= 11 is 0. The lowest BCUT2D eigenvalue weighted by Crippen LogP contribution is -2.42. The summed E-state index contributed by atoms with van der Waals surface area (Å²) in [6.45, 7) is 1.51. The van der Waals surface area contributed by atoms with Gasteiger partial charge in [-0.15, -0.1) is 0 Å². The largest absolute Gasteiger partial charge is 0.373 e. The number of amides is 1. The van der Waals surface area contributed by atoms with E-state index in [0.717, 1.165) is 43.9 Å². The maximum atomic E-state index is 12.1. The molecule has 122 valence electrons. The molecule has 1 aliphatic rings. The molecule has 0 spiro atoms. The third-order valence-corrected chi connectivity index (χ3v) is 3.83. The summed E-state index contributed by atoms with van der Waals surface area (Å²) < 4.78 is 0. The fraction of sp³-hybridized carbons (Fsp3) is 0.667. The standard InChI is InChI=1S/C15H26N6O/c1-17-13-8-11(10-20(2)3)18-15(19-13)12-6-4-5-7-21(12)14(22)9-16/h8,12H,4-7,9-10,16H2,1-3H3,(H,17,18,19). The van der Waals surface area contributed by atoms with Crippen LogP contribution in [0.3, 0.4) is 0 Å². The second-order valence-electron chi connectivity index (χ2n) is 5.89. The molecule has 1 aromatic heterocycles. The van der Waals surface area contributed by atoms with E-state index in [4.69, 9.17) is 5.73 Å². The molecule has 0 bridgehead atoms. The molecule has 1 amide bonds. The highest BCUT2D eigenvalue weighted by molar-refractivity contribution is 5.78. The fourth-order valence-electron chi connectivity index (χ4n) is 2.82. The number of hydrogen-bond acceptors (Lipinski definition) is 6.